The Morgan fingerprint density at radius 1 is 1.19 bits per heavy atom. The molecule has 0 radical (unpaired) electrons. The molecule has 16 heavy (non-hydrogen) atoms. The van der Waals surface area contributed by atoms with E-state index in [0.29, 0.717) is 12.8 Å². The van der Waals surface area contributed by atoms with Gasteiger partial charge in [0.15, 0.2) is 0 Å². The fourth-order valence-corrected chi connectivity index (χ4v) is 1.93. The highest BCUT2D eigenvalue weighted by Crippen LogP contribution is 2.24. The van der Waals surface area contributed by atoms with Gasteiger partial charge in [0.25, 0.3) is 0 Å². The molecule has 0 amide bonds. The highest BCUT2D eigenvalue weighted by molar-refractivity contribution is 9.09. The van der Waals surface area contributed by atoms with Crippen molar-refractivity contribution in [2.75, 3.05) is 5.33 Å². The lowest BCUT2D eigenvalue weighted by molar-refractivity contribution is -0.156. The number of esters is 2. The van der Waals surface area contributed by atoms with Crippen molar-refractivity contribution in [1.29, 1.82) is 0 Å². The Morgan fingerprint density at radius 3 is 2.25 bits per heavy atom. The van der Waals surface area contributed by atoms with Crippen molar-refractivity contribution in [3.8, 4) is 0 Å². The number of alkyl halides is 1. The van der Waals surface area contributed by atoms with Crippen molar-refractivity contribution in [1.82, 2.24) is 0 Å². The van der Waals surface area contributed by atoms with E-state index in [1.54, 1.807) is 6.92 Å². The van der Waals surface area contributed by atoms with Crippen LogP contribution in [-0.2, 0) is 19.1 Å². The first kappa shape index (κ1) is 13.5. The van der Waals surface area contributed by atoms with Crippen LogP contribution in [0.5, 0.6) is 0 Å². The van der Waals surface area contributed by atoms with Crippen molar-refractivity contribution >= 4 is 27.9 Å². The van der Waals surface area contributed by atoms with Gasteiger partial charge in [0.05, 0.1) is 0 Å². The second-order valence-corrected chi connectivity index (χ2v) is 4.44. The molecule has 1 fully saturated rings. The minimum atomic E-state index is -0.257. The van der Waals surface area contributed by atoms with Crippen LogP contribution in [0, 0.1) is 0 Å². The molecule has 0 unspecified atom stereocenters. The predicted octanol–water partition coefficient (Wildman–Crippen LogP) is 2.19. The summed E-state index contributed by atoms with van der Waals surface area (Å²) in [6.45, 7) is 1.77. The zero-order valence-corrected chi connectivity index (χ0v) is 11.0. The van der Waals surface area contributed by atoms with Gasteiger partial charge in [0.2, 0.25) is 0 Å². The first-order valence-electron chi connectivity index (χ1n) is 5.60. The molecule has 1 aliphatic rings. The fraction of sp³-hybridized carbons (Fsp3) is 0.818. The van der Waals surface area contributed by atoms with Crippen molar-refractivity contribution in [2.24, 2.45) is 0 Å². The van der Waals surface area contributed by atoms with Gasteiger partial charge in [0.1, 0.15) is 17.5 Å². The molecule has 92 valence electrons. The summed E-state index contributed by atoms with van der Waals surface area (Å²) < 4.78 is 10.5. The van der Waals surface area contributed by atoms with Gasteiger partial charge in [-0.2, -0.15) is 0 Å². The van der Waals surface area contributed by atoms with Gasteiger partial charge < -0.3 is 9.47 Å². The topological polar surface area (TPSA) is 52.6 Å². The smallest absolute Gasteiger partial charge is 0.316 e. The van der Waals surface area contributed by atoms with E-state index in [-0.39, 0.29) is 29.5 Å². The first-order valence-corrected chi connectivity index (χ1v) is 6.72. The summed E-state index contributed by atoms with van der Waals surface area (Å²) in [5.41, 5.74) is 0. The number of carbonyl (C=O) groups is 2. The maximum atomic E-state index is 11.1. The predicted molar refractivity (Wildman–Crippen MR) is 62.3 cm³/mol. The maximum Gasteiger partial charge on any atom is 0.316 e. The standard InChI is InChI=1S/C11H17BrO4/c1-2-10(13)15-8-4-3-5-9(6-8)16-11(14)7-12/h8-9H,2-7H2,1H3/t8-,9+/m1/s1. The maximum absolute atomic E-state index is 11.1. The first-order chi connectivity index (χ1) is 7.65. The molecular weight excluding hydrogens is 276 g/mol. The number of carbonyl (C=O) groups excluding carboxylic acids is 2. The van der Waals surface area contributed by atoms with Crippen LogP contribution in [0.25, 0.3) is 0 Å². The van der Waals surface area contributed by atoms with Crippen LogP contribution >= 0.6 is 15.9 Å². The molecule has 0 spiro atoms. The third-order valence-corrected chi connectivity index (χ3v) is 3.03. The third-order valence-electron chi connectivity index (χ3n) is 2.57. The van der Waals surface area contributed by atoms with E-state index in [1.807, 2.05) is 0 Å². The molecule has 0 aromatic rings. The van der Waals surface area contributed by atoms with Crippen molar-refractivity contribution < 1.29 is 19.1 Å². The van der Waals surface area contributed by atoms with Crippen LogP contribution in [0.15, 0.2) is 0 Å². The molecule has 4 nitrogen and oxygen atoms in total. The lowest BCUT2D eigenvalue weighted by atomic mass is 9.95. The summed E-state index contributed by atoms with van der Waals surface area (Å²) in [7, 11) is 0. The highest BCUT2D eigenvalue weighted by atomic mass is 79.9. The summed E-state index contributed by atoms with van der Waals surface area (Å²) in [4.78, 5) is 22.2. The Kier molecular flexibility index (Phi) is 5.80. The second kappa shape index (κ2) is 6.89. The normalized spacial score (nSPS) is 24.9. The number of hydrogen-bond acceptors (Lipinski definition) is 4. The van der Waals surface area contributed by atoms with E-state index in [2.05, 4.69) is 15.9 Å². The Balaban J connectivity index is 2.35. The molecule has 0 saturated heterocycles. The van der Waals surface area contributed by atoms with Crippen molar-refractivity contribution in [2.45, 2.75) is 51.2 Å². The fourth-order valence-electron chi connectivity index (χ4n) is 1.80. The van der Waals surface area contributed by atoms with E-state index >= 15 is 0 Å². The van der Waals surface area contributed by atoms with Gasteiger partial charge in [0, 0.05) is 12.8 Å². The number of ether oxygens (including phenoxy) is 2. The van der Waals surface area contributed by atoms with Crippen LogP contribution in [0.4, 0.5) is 0 Å². The van der Waals surface area contributed by atoms with Crippen LogP contribution in [0.3, 0.4) is 0 Å². The van der Waals surface area contributed by atoms with Gasteiger partial charge in [-0.05, 0) is 19.3 Å². The van der Waals surface area contributed by atoms with E-state index < -0.39 is 0 Å². The summed E-state index contributed by atoms with van der Waals surface area (Å²) in [6.07, 6.45) is 3.49. The van der Waals surface area contributed by atoms with Gasteiger partial charge in [-0.3, -0.25) is 9.59 Å². The van der Waals surface area contributed by atoms with Gasteiger partial charge in [-0.25, -0.2) is 0 Å². The molecule has 0 bridgehead atoms. The van der Waals surface area contributed by atoms with Crippen LogP contribution in [0.2, 0.25) is 0 Å². The zero-order valence-electron chi connectivity index (χ0n) is 9.41. The molecule has 1 rings (SSSR count). The average Bonchev–Trinajstić information content (AvgIpc) is 2.29. The Labute approximate surface area is 104 Å². The Morgan fingerprint density at radius 2 is 1.75 bits per heavy atom. The minimum absolute atomic E-state index is 0.0886. The SMILES string of the molecule is CCC(=O)O[C@@H]1CCC[C@H](OC(=O)CBr)C1. The van der Waals surface area contributed by atoms with Crippen molar-refractivity contribution in [3.05, 3.63) is 0 Å². The summed E-state index contributed by atoms with van der Waals surface area (Å²) in [5, 5.41) is 0.211. The Bertz CT molecular complexity index is 230. The van der Waals surface area contributed by atoms with E-state index in [4.69, 9.17) is 9.47 Å². The molecule has 1 aliphatic carbocycles. The van der Waals surface area contributed by atoms with Crippen LogP contribution in [-0.4, -0.2) is 29.5 Å². The van der Waals surface area contributed by atoms with Gasteiger partial charge in [-0.15, -0.1) is 0 Å². The van der Waals surface area contributed by atoms with Gasteiger partial charge >= 0.3 is 11.9 Å². The minimum Gasteiger partial charge on any atom is -0.462 e. The summed E-state index contributed by atoms with van der Waals surface area (Å²) in [6, 6.07) is 0. The summed E-state index contributed by atoms with van der Waals surface area (Å²) in [5.74, 6) is -0.440. The molecule has 0 N–H and O–H groups in total. The number of rotatable bonds is 4. The van der Waals surface area contributed by atoms with Crippen LogP contribution in [0.1, 0.15) is 39.0 Å². The lowest BCUT2D eigenvalue weighted by Crippen LogP contribution is -2.31. The number of hydrogen-bond donors (Lipinski definition) is 0. The lowest BCUT2D eigenvalue weighted by Gasteiger charge is -2.28. The molecule has 0 heterocycles. The molecular formula is C11H17BrO4. The molecule has 0 aromatic carbocycles. The Hall–Kier alpha value is -0.580. The van der Waals surface area contributed by atoms with Crippen molar-refractivity contribution in [3.63, 3.8) is 0 Å². The molecule has 1 saturated carbocycles. The number of halogens is 1. The van der Waals surface area contributed by atoms with Gasteiger partial charge in [-0.1, -0.05) is 22.9 Å². The second-order valence-electron chi connectivity index (χ2n) is 3.88. The van der Waals surface area contributed by atoms with Crippen LogP contribution < -0.4 is 0 Å². The summed E-state index contributed by atoms with van der Waals surface area (Å²) >= 11 is 3.05. The molecule has 2 atom stereocenters. The zero-order chi connectivity index (χ0) is 12.0. The monoisotopic (exact) mass is 292 g/mol. The average molecular weight is 293 g/mol. The van der Waals surface area contributed by atoms with E-state index in [0.717, 1.165) is 19.3 Å². The quantitative estimate of drug-likeness (QED) is 0.589. The third kappa shape index (κ3) is 4.51. The van der Waals surface area contributed by atoms with E-state index in [9.17, 15) is 9.59 Å². The molecule has 0 aliphatic heterocycles. The van der Waals surface area contributed by atoms with E-state index in [1.165, 1.54) is 0 Å². The highest BCUT2D eigenvalue weighted by Gasteiger charge is 2.26. The molecule has 0 aromatic heterocycles. The largest absolute Gasteiger partial charge is 0.462 e. The molecule has 5 heteroatoms.